The van der Waals surface area contributed by atoms with Crippen LogP contribution in [0.2, 0.25) is 0 Å². The van der Waals surface area contributed by atoms with E-state index in [4.69, 9.17) is 0 Å². The number of hydrogen-bond acceptors (Lipinski definition) is 4. The molecule has 0 unspecified atom stereocenters. The minimum atomic E-state index is -0.0395. The molecule has 1 N–H and O–H groups in total. The maximum Gasteiger partial charge on any atom is 0.225 e. The summed E-state index contributed by atoms with van der Waals surface area (Å²) in [6.45, 7) is 1.95. The molecule has 1 fully saturated rings. The Balaban J connectivity index is 1.70. The second-order valence-electron chi connectivity index (χ2n) is 5.19. The molecule has 0 aromatic carbocycles. The predicted octanol–water partition coefficient (Wildman–Crippen LogP) is 2.66. The van der Waals surface area contributed by atoms with Crippen LogP contribution < -0.4 is 5.32 Å². The summed E-state index contributed by atoms with van der Waals surface area (Å²) in [4.78, 5) is 22.0. The Morgan fingerprint density at radius 1 is 1.50 bits per heavy atom. The number of aromatic nitrogens is 2. The second-order valence-corrected chi connectivity index (χ2v) is 6.23. The molecule has 0 radical (unpaired) electrons. The van der Waals surface area contributed by atoms with Gasteiger partial charge >= 0.3 is 0 Å². The van der Waals surface area contributed by atoms with Gasteiger partial charge in [-0.05, 0) is 43.2 Å². The maximum absolute atomic E-state index is 12.2. The van der Waals surface area contributed by atoms with Crippen LogP contribution in [0.3, 0.4) is 0 Å². The number of thiophene rings is 1. The average molecular weight is 287 g/mol. The highest BCUT2D eigenvalue weighted by Crippen LogP contribution is 2.39. The highest BCUT2D eigenvalue weighted by Gasteiger charge is 2.35. The van der Waals surface area contributed by atoms with Crippen LogP contribution in [0.1, 0.15) is 35.3 Å². The van der Waals surface area contributed by atoms with Crippen molar-refractivity contribution < 1.29 is 4.79 Å². The Morgan fingerprint density at radius 2 is 2.35 bits per heavy atom. The summed E-state index contributed by atoms with van der Waals surface area (Å²) in [5, 5.41) is 5.09. The van der Waals surface area contributed by atoms with Crippen LogP contribution in [0, 0.1) is 12.8 Å². The third kappa shape index (κ3) is 3.22. The fourth-order valence-electron chi connectivity index (χ4n) is 2.24. The molecule has 0 saturated heterocycles. The van der Waals surface area contributed by atoms with Crippen molar-refractivity contribution in [1.82, 2.24) is 15.3 Å². The summed E-state index contributed by atoms with van der Waals surface area (Å²) in [6, 6.07) is 5.79. The van der Waals surface area contributed by atoms with Gasteiger partial charge in [-0.1, -0.05) is 6.07 Å². The lowest BCUT2D eigenvalue weighted by Crippen LogP contribution is -2.32. The highest BCUT2D eigenvalue weighted by atomic mass is 32.1. The number of nitrogens with zero attached hydrogens (tertiary/aromatic N) is 2. The molecule has 20 heavy (non-hydrogen) atoms. The van der Waals surface area contributed by atoms with E-state index >= 15 is 0 Å². The average Bonchev–Trinajstić information content (AvgIpc) is 3.14. The van der Waals surface area contributed by atoms with Crippen LogP contribution in [0.25, 0.3) is 0 Å². The van der Waals surface area contributed by atoms with Gasteiger partial charge in [-0.25, -0.2) is 9.97 Å². The maximum atomic E-state index is 12.2. The molecule has 5 heteroatoms. The SMILES string of the molecule is Cc1ccnc([C@H](NC(=O)Cc2cccs2)C2CC2)n1. The Hall–Kier alpha value is -1.75. The minimum Gasteiger partial charge on any atom is -0.345 e. The van der Waals surface area contributed by atoms with Crippen molar-refractivity contribution in [3.8, 4) is 0 Å². The van der Waals surface area contributed by atoms with Crippen LogP contribution in [0.5, 0.6) is 0 Å². The number of amides is 1. The Morgan fingerprint density at radius 3 is 3.00 bits per heavy atom. The molecule has 4 nitrogen and oxygen atoms in total. The van der Waals surface area contributed by atoms with Gasteiger partial charge in [-0.2, -0.15) is 0 Å². The zero-order valence-corrected chi connectivity index (χ0v) is 12.2. The van der Waals surface area contributed by atoms with Crippen molar-refractivity contribution in [3.63, 3.8) is 0 Å². The van der Waals surface area contributed by atoms with Crippen LogP contribution >= 0.6 is 11.3 Å². The number of hydrogen-bond donors (Lipinski definition) is 1. The van der Waals surface area contributed by atoms with E-state index in [2.05, 4.69) is 15.3 Å². The van der Waals surface area contributed by atoms with Gasteiger partial charge in [0.2, 0.25) is 5.91 Å². The summed E-state index contributed by atoms with van der Waals surface area (Å²) >= 11 is 1.61. The number of carbonyl (C=O) groups is 1. The molecule has 0 bridgehead atoms. The molecule has 104 valence electrons. The lowest BCUT2D eigenvalue weighted by atomic mass is 10.1. The van der Waals surface area contributed by atoms with Crippen LogP contribution in [0.15, 0.2) is 29.8 Å². The molecular weight excluding hydrogens is 270 g/mol. The van der Waals surface area contributed by atoms with Gasteiger partial charge in [-0.3, -0.25) is 4.79 Å². The fraction of sp³-hybridized carbons (Fsp3) is 0.400. The van der Waals surface area contributed by atoms with E-state index in [1.54, 1.807) is 17.5 Å². The van der Waals surface area contributed by atoms with E-state index in [0.717, 1.165) is 29.2 Å². The van der Waals surface area contributed by atoms with Crippen LogP contribution in [-0.4, -0.2) is 15.9 Å². The Kier molecular flexibility index (Phi) is 3.78. The summed E-state index contributed by atoms with van der Waals surface area (Å²) in [5.41, 5.74) is 0.938. The molecule has 2 aromatic rings. The fourth-order valence-corrected chi connectivity index (χ4v) is 2.94. The van der Waals surface area contributed by atoms with Gasteiger partial charge in [-0.15, -0.1) is 11.3 Å². The standard InChI is InChI=1S/C15H17N3OS/c1-10-6-7-16-15(17-10)14(11-4-5-11)18-13(19)9-12-3-2-8-20-12/h2-3,6-8,11,14H,4-5,9H2,1H3,(H,18,19)/t14-/m1/s1. The normalized spacial score (nSPS) is 15.8. The molecular formula is C15H17N3OS. The van der Waals surface area contributed by atoms with E-state index in [9.17, 15) is 4.79 Å². The van der Waals surface area contributed by atoms with Crippen LogP contribution in [-0.2, 0) is 11.2 Å². The van der Waals surface area contributed by atoms with E-state index in [0.29, 0.717) is 12.3 Å². The number of rotatable bonds is 5. The second kappa shape index (κ2) is 5.71. The largest absolute Gasteiger partial charge is 0.345 e. The number of nitrogens with one attached hydrogen (secondary N) is 1. The van der Waals surface area contributed by atoms with Crippen LogP contribution in [0.4, 0.5) is 0 Å². The van der Waals surface area contributed by atoms with Crippen molar-refractivity contribution in [3.05, 3.63) is 46.2 Å². The number of carbonyl (C=O) groups excluding carboxylic acids is 1. The first-order valence-corrected chi connectivity index (χ1v) is 7.71. The molecule has 1 saturated carbocycles. The molecule has 1 aliphatic carbocycles. The molecule has 1 aliphatic rings. The highest BCUT2D eigenvalue weighted by molar-refractivity contribution is 7.10. The molecule has 3 rings (SSSR count). The smallest absolute Gasteiger partial charge is 0.225 e. The first-order valence-electron chi connectivity index (χ1n) is 6.83. The van der Waals surface area contributed by atoms with Crippen molar-refractivity contribution >= 4 is 17.2 Å². The van der Waals surface area contributed by atoms with Crippen molar-refractivity contribution in [2.45, 2.75) is 32.2 Å². The lowest BCUT2D eigenvalue weighted by Gasteiger charge is -2.17. The monoisotopic (exact) mass is 287 g/mol. The molecule has 2 aromatic heterocycles. The number of aryl methyl sites for hydroxylation is 1. The van der Waals surface area contributed by atoms with E-state index < -0.39 is 0 Å². The van der Waals surface area contributed by atoms with Gasteiger partial charge in [0.25, 0.3) is 0 Å². The summed E-state index contributed by atoms with van der Waals surface area (Å²) < 4.78 is 0. The molecule has 1 atom stereocenters. The van der Waals surface area contributed by atoms with Gasteiger partial charge in [0.15, 0.2) is 5.82 Å². The zero-order chi connectivity index (χ0) is 13.9. The third-order valence-electron chi connectivity index (χ3n) is 3.42. The summed E-state index contributed by atoms with van der Waals surface area (Å²) in [5.74, 6) is 1.28. The third-order valence-corrected chi connectivity index (χ3v) is 4.29. The molecule has 0 spiro atoms. The molecule has 0 aliphatic heterocycles. The van der Waals surface area contributed by atoms with Gasteiger partial charge in [0.1, 0.15) is 0 Å². The van der Waals surface area contributed by atoms with E-state index in [1.807, 2.05) is 30.5 Å². The van der Waals surface area contributed by atoms with Gasteiger partial charge < -0.3 is 5.32 Å². The van der Waals surface area contributed by atoms with Gasteiger partial charge in [0, 0.05) is 16.8 Å². The molecule has 2 heterocycles. The Bertz CT molecular complexity index is 593. The lowest BCUT2D eigenvalue weighted by molar-refractivity contribution is -0.121. The summed E-state index contributed by atoms with van der Waals surface area (Å²) in [6.07, 6.45) is 4.48. The zero-order valence-electron chi connectivity index (χ0n) is 11.4. The van der Waals surface area contributed by atoms with E-state index in [1.165, 1.54) is 0 Å². The first-order chi connectivity index (χ1) is 9.72. The van der Waals surface area contributed by atoms with Crippen molar-refractivity contribution in [2.75, 3.05) is 0 Å². The van der Waals surface area contributed by atoms with Crippen molar-refractivity contribution in [2.24, 2.45) is 5.92 Å². The topological polar surface area (TPSA) is 54.9 Å². The quantitative estimate of drug-likeness (QED) is 0.920. The summed E-state index contributed by atoms with van der Waals surface area (Å²) in [7, 11) is 0. The van der Waals surface area contributed by atoms with Gasteiger partial charge in [0.05, 0.1) is 12.5 Å². The molecule has 1 amide bonds. The first kappa shape index (κ1) is 13.2. The Labute approximate surface area is 122 Å². The van der Waals surface area contributed by atoms with E-state index in [-0.39, 0.29) is 11.9 Å². The predicted molar refractivity (Wildman–Crippen MR) is 78.4 cm³/mol. The minimum absolute atomic E-state index is 0.0395. The van der Waals surface area contributed by atoms with Crippen molar-refractivity contribution in [1.29, 1.82) is 0 Å².